The summed E-state index contributed by atoms with van der Waals surface area (Å²) in [4.78, 5) is 9.69. The van der Waals surface area contributed by atoms with E-state index in [-0.39, 0.29) is 5.60 Å². The highest BCUT2D eigenvalue weighted by molar-refractivity contribution is 5.28. The summed E-state index contributed by atoms with van der Waals surface area (Å²) in [5.41, 5.74) is 3.43. The van der Waals surface area contributed by atoms with Gasteiger partial charge in [0.2, 0.25) is 0 Å². The largest absolute Gasteiger partial charge is 0.367 e. The number of aromatic nitrogens is 2. The van der Waals surface area contributed by atoms with Gasteiger partial charge in [0, 0.05) is 18.0 Å². The van der Waals surface area contributed by atoms with Gasteiger partial charge in [-0.05, 0) is 58.2 Å². The Morgan fingerprint density at radius 2 is 1.85 bits per heavy atom. The maximum atomic E-state index is 5.91. The minimum Gasteiger partial charge on any atom is -0.367 e. The van der Waals surface area contributed by atoms with Crippen molar-refractivity contribution in [1.29, 1.82) is 0 Å². The van der Waals surface area contributed by atoms with Gasteiger partial charge in [0.1, 0.15) is 5.60 Å². The molecule has 1 atom stereocenters. The molecular formula is C16H27N3O. The SMILES string of the molecule is CCc1nc(C2(C)CCCO2)nc(CC)c1CCNC. The van der Waals surface area contributed by atoms with E-state index in [0.29, 0.717) is 0 Å². The molecule has 1 fully saturated rings. The van der Waals surface area contributed by atoms with Gasteiger partial charge in [0.25, 0.3) is 0 Å². The first-order chi connectivity index (χ1) is 9.64. The molecule has 0 spiro atoms. The van der Waals surface area contributed by atoms with E-state index in [1.807, 2.05) is 7.05 Å². The van der Waals surface area contributed by atoms with Crippen molar-refractivity contribution in [2.45, 2.75) is 58.5 Å². The van der Waals surface area contributed by atoms with Crippen LogP contribution in [-0.2, 0) is 29.6 Å². The Morgan fingerprint density at radius 1 is 1.20 bits per heavy atom. The molecule has 0 radical (unpaired) electrons. The summed E-state index contributed by atoms with van der Waals surface area (Å²) in [6, 6.07) is 0. The summed E-state index contributed by atoms with van der Waals surface area (Å²) in [6.45, 7) is 8.26. The van der Waals surface area contributed by atoms with Gasteiger partial charge in [-0.2, -0.15) is 0 Å². The highest BCUT2D eigenvalue weighted by Crippen LogP contribution is 2.34. The lowest BCUT2D eigenvalue weighted by Crippen LogP contribution is -2.26. The topological polar surface area (TPSA) is 47.0 Å². The fourth-order valence-electron chi connectivity index (χ4n) is 2.90. The number of nitrogens with zero attached hydrogens (tertiary/aromatic N) is 2. The number of nitrogens with one attached hydrogen (secondary N) is 1. The predicted octanol–water partition coefficient (Wildman–Crippen LogP) is 2.39. The molecule has 0 aromatic carbocycles. The van der Waals surface area contributed by atoms with E-state index < -0.39 is 0 Å². The van der Waals surface area contributed by atoms with Gasteiger partial charge < -0.3 is 10.1 Å². The molecule has 1 aliphatic heterocycles. The van der Waals surface area contributed by atoms with Crippen LogP contribution in [0.25, 0.3) is 0 Å². The molecule has 1 aromatic heterocycles. The lowest BCUT2D eigenvalue weighted by Gasteiger charge is -2.24. The Bertz CT molecular complexity index is 428. The molecule has 1 N–H and O–H groups in total. The first-order valence-corrected chi connectivity index (χ1v) is 7.82. The van der Waals surface area contributed by atoms with Crippen molar-refractivity contribution in [2.75, 3.05) is 20.2 Å². The van der Waals surface area contributed by atoms with E-state index in [1.165, 1.54) is 17.0 Å². The van der Waals surface area contributed by atoms with Crippen LogP contribution in [0, 0.1) is 0 Å². The van der Waals surface area contributed by atoms with Crippen molar-refractivity contribution < 1.29 is 4.74 Å². The molecule has 2 heterocycles. The third kappa shape index (κ3) is 3.01. The predicted molar refractivity (Wildman–Crippen MR) is 81.0 cm³/mol. The van der Waals surface area contributed by atoms with Crippen LogP contribution in [0.5, 0.6) is 0 Å². The Morgan fingerprint density at radius 3 is 2.30 bits per heavy atom. The summed E-state index contributed by atoms with van der Waals surface area (Å²) in [5, 5.41) is 3.22. The smallest absolute Gasteiger partial charge is 0.160 e. The summed E-state index contributed by atoms with van der Waals surface area (Å²) in [5.74, 6) is 0.886. The maximum absolute atomic E-state index is 5.91. The summed E-state index contributed by atoms with van der Waals surface area (Å²) < 4.78 is 5.91. The number of hydrogen-bond donors (Lipinski definition) is 1. The molecule has 0 bridgehead atoms. The van der Waals surface area contributed by atoms with Gasteiger partial charge >= 0.3 is 0 Å². The van der Waals surface area contributed by atoms with Crippen LogP contribution in [0.2, 0.25) is 0 Å². The molecule has 4 heteroatoms. The van der Waals surface area contributed by atoms with Crippen LogP contribution in [0.15, 0.2) is 0 Å². The van der Waals surface area contributed by atoms with Gasteiger partial charge in [0.15, 0.2) is 5.82 Å². The molecule has 4 nitrogen and oxygen atoms in total. The summed E-state index contributed by atoms with van der Waals surface area (Å²) in [7, 11) is 1.99. The number of hydrogen-bond acceptors (Lipinski definition) is 4. The van der Waals surface area contributed by atoms with Crippen LogP contribution in [0.3, 0.4) is 0 Å². The lowest BCUT2D eigenvalue weighted by atomic mass is 9.99. The van der Waals surface area contributed by atoms with E-state index in [1.54, 1.807) is 0 Å². The number of ether oxygens (including phenoxy) is 1. The Balaban J connectivity index is 2.41. The highest BCUT2D eigenvalue weighted by Gasteiger charge is 2.35. The zero-order chi connectivity index (χ0) is 14.6. The monoisotopic (exact) mass is 277 g/mol. The van der Waals surface area contributed by atoms with E-state index in [0.717, 1.165) is 51.1 Å². The normalized spacial score (nSPS) is 22.4. The zero-order valence-electron chi connectivity index (χ0n) is 13.3. The van der Waals surface area contributed by atoms with Crippen molar-refractivity contribution in [3.05, 3.63) is 22.8 Å². The van der Waals surface area contributed by atoms with Gasteiger partial charge in [0.05, 0.1) is 0 Å². The molecule has 112 valence electrons. The molecule has 0 amide bonds. The van der Waals surface area contributed by atoms with Crippen LogP contribution in [-0.4, -0.2) is 30.2 Å². The van der Waals surface area contributed by atoms with Crippen molar-refractivity contribution >= 4 is 0 Å². The molecule has 1 aromatic rings. The first-order valence-electron chi connectivity index (χ1n) is 7.82. The second-order valence-electron chi connectivity index (χ2n) is 5.66. The molecule has 1 unspecified atom stereocenters. The minimum atomic E-state index is -0.282. The van der Waals surface area contributed by atoms with Crippen LogP contribution < -0.4 is 5.32 Å². The fourth-order valence-corrected chi connectivity index (χ4v) is 2.90. The second kappa shape index (κ2) is 6.64. The highest BCUT2D eigenvalue weighted by atomic mass is 16.5. The standard InChI is InChI=1S/C16H27N3O/c1-5-13-12(8-10-17-4)14(6-2)19-15(18-13)16(3)9-7-11-20-16/h17H,5-11H2,1-4H3. The Labute approximate surface area is 122 Å². The van der Waals surface area contributed by atoms with Crippen LogP contribution >= 0.6 is 0 Å². The van der Waals surface area contributed by atoms with E-state index >= 15 is 0 Å². The Kier molecular flexibility index (Phi) is 5.11. The third-order valence-corrected chi connectivity index (χ3v) is 4.17. The molecule has 0 aliphatic carbocycles. The van der Waals surface area contributed by atoms with Crippen molar-refractivity contribution in [3.63, 3.8) is 0 Å². The first kappa shape index (κ1) is 15.4. The van der Waals surface area contributed by atoms with Gasteiger partial charge in [-0.15, -0.1) is 0 Å². The molecular weight excluding hydrogens is 250 g/mol. The molecule has 2 rings (SSSR count). The number of aryl methyl sites for hydroxylation is 2. The average molecular weight is 277 g/mol. The lowest BCUT2D eigenvalue weighted by molar-refractivity contribution is 0.00894. The molecule has 20 heavy (non-hydrogen) atoms. The van der Waals surface area contributed by atoms with E-state index in [4.69, 9.17) is 14.7 Å². The third-order valence-electron chi connectivity index (χ3n) is 4.17. The molecule has 1 aliphatic rings. The quantitative estimate of drug-likeness (QED) is 0.867. The van der Waals surface area contributed by atoms with Crippen molar-refractivity contribution in [3.8, 4) is 0 Å². The second-order valence-corrected chi connectivity index (χ2v) is 5.66. The average Bonchev–Trinajstić information content (AvgIpc) is 2.92. The minimum absolute atomic E-state index is 0.282. The fraction of sp³-hybridized carbons (Fsp3) is 0.750. The van der Waals surface area contributed by atoms with Crippen molar-refractivity contribution in [1.82, 2.24) is 15.3 Å². The maximum Gasteiger partial charge on any atom is 0.160 e. The van der Waals surface area contributed by atoms with Gasteiger partial charge in [-0.25, -0.2) is 9.97 Å². The van der Waals surface area contributed by atoms with Gasteiger partial charge in [-0.3, -0.25) is 0 Å². The number of rotatable bonds is 6. The van der Waals surface area contributed by atoms with Crippen LogP contribution in [0.4, 0.5) is 0 Å². The van der Waals surface area contributed by atoms with Crippen molar-refractivity contribution in [2.24, 2.45) is 0 Å². The summed E-state index contributed by atoms with van der Waals surface area (Å²) >= 11 is 0. The zero-order valence-corrected chi connectivity index (χ0v) is 13.3. The van der Waals surface area contributed by atoms with Gasteiger partial charge in [-0.1, -0.05) is 13.8 Å². The summed E-state index contributed by atoms with van der Waals surface area (Å²) in [6.07, 6.45) is 5.04. The van der Waals surface area contributed by atoms with Crippen LogP contribution in [0.1, 0.15) is 56.4 Å². The van der Waals surface area contributed by atoms with E-state index in [9.17, 15) is 0 Å². The number of likely N-dealkylation sites (N-methyl/N-ethyl adjacent to an activating group) is 1. The van der Waals surface area contributed by atoms with E-state index in [2.05, 4.69) is 26.1 Å². The molecule has 0 saturated carbocycles. The molecule has 1 saturated heterocycles. The Hall–Kier alpha value is -1.00.